The van der Waals surface area contributed by atoms with E-state index in [0.717, 1.165) is 21.5 Å². The molecule has 0 saturated carbocycles. The van der Waals surface area contributed by atoms with Crippen LogP contribution in [0.1, 0.15) is 30.9 Å². The molecule has 5 heteroatoms. The lowest BCUT2D eigenvalue weighted by molar-refractivity contribution is 0.626. The molecule has 0 fully saturated rings. The van der Waals surface area contributed by atoms with Gasteiger partial charge in [0.1, 0.15) is 10.6 Å². The second-order valence-corrected chi connectivity index (χ2v) is 7.77. The number of rotatable bonds is 4. The maximum atomic E-state index is 13.1. The van der Waals surface area contributed by atoms with Gasteiger partial charge in [0.15, 0.2) is 0 Å². The van der Waals surface area contributed by atoms with E-state index in [-0.39, 0.29) is 11.4 Å². The van der Waals surface area contributed by atoms with Gasteiger partial charge in [0.25, 0.3) is 5.56 Å². The molecule has 0 aliphatic heterocycles. The monoisotopic (exact) mass is 378 g/mol. The van der Waals surface area contributed by atoms with Crippen LogP contribution in [0.2, 0.25) is 0 Å². The molecule has 0 saturated heterocycles. The first-order valence-electron chi connectivity index (χ1n) is 8.84. The van der Waals surface area contributed by atoms with Crippen LogP contribution in [-0.2, 0) is 6.54 Å². The Morgan fingerprint density at radius 2 is 1.78 bits per heavy atom. The molecule has 27 heavy (non-hydrogen) atoms. The molecule has 0 N–H and O–H groups in total. The van der Waals surface area contributed by atoms with E-state index in [0.29, 0.717) is 17.8 Å². The van der Waals surface area contributed by atoms with Gasteiger partial charge in [0, 0.05) is 10.9 Å². The van der Waals surface area contributed by atoms with E-state index in [4.69, 9.17) is 0 Å². The Morgan fingerprint density at radius 1 is 1.07 bits per heavy atom. The first-order chi connectivity index (χ1) is 13.0. The molecule has 0 aliphatic carbocycles. The van der Waals surface area contributed by atoms with Gasteiger partial charge >= 0.3 is 0 Å². The summed E-state index contributed by atoms with van der Waals surface area (Å²) in [6.45, 7) is 4.68. The molecule has 136 valence electrons. The third-order valence-electron chi connectivity index (χ3n) is 4.72. The lowest BCUT2D eigenvalue weighted by atomic mass is 9.99. The number of aromatic nitrogens is 2. The Bertz CT molecular complexity index is 1140. The van der Waals surface area contributed by atoms with Gasteiger partial charge in [0.05, 0.1) is 18.3 Å². The molecule has 4 aromatic rings. The van der Waals surface area contributed by atoms with Gasteiger partial charge < -0.3 is 0 Å². The molecule has 2 aromatic heterocycles. The van der Waals surface area contributed by atoms with Gasteiger partial charge in [-0.05, 0) is 34.7 Å². The molecule has 0 amide bonds. The van der Waals surface area contributed by atoms with Gasteiger partial charge in [-0.3, -0.25) is 9.36 Å². The van der Waals surface area contributed by atoms with Crippen molar-refractivity contribution in [3.63, 3.8) is 0 Å². The third-order valence-corrected chi connectivity index (χ3v) is 5.60. The highest BCUT2D eigenvalue weighted by Crippen LogP contribution is 2.31. The molecule has 0 spiro atoms. The molecule has 2 heterocycles. The fourth-order valence-corrected chi connectivity index (χ4v) is 4.03. The summed E-state index contributed by atoms with van der Waals surface area (Å²) in [5.74, 6) is 0.178. The largest absolute Gasteiger partial charge is 0.294 e. The summed E-state index contributed by atoms with van der Waals surface area (Å²) in [5.41, 5.74) is 3.98. The lowest BCUT2D eigenvalue weighted by Gasteiger charge is -2.08. The van der Waals surface area contributed by atoms with Crippen molar-refractivity contribution in [2.45, 2.75) is 26.3 Å². The fraction of sp³-hybridized carbons (Fsp3) is 0.182. The van der Waals surface area contributed by atoms with E-state index < -0.39 is 0 Å². The van der Waals surface area contributed by atoms with E-state index >= 15 is 0 Å². The van der Waals surface area contributed by atoms with Crippen molar-refractivity contribution in [1.29, 1.82) is 0 Å². The highest BCUT2D eigenvalue weighted by Gasteiger charge is 2.14. The summed E-state index contributed by atoms with van der Waals surface area (Å²) in [5, 5.41) is 2.63. The second-order valence-electron chi connectivity index (χ2n) is 6.91. The van der Waals surface area contributed by atoms with Crippen LogP contribution in [0.15, 0.2) is 65.0 Å². The van der Waals surface area contributed by atoms with Gasteiger partial charge in [-0.1, -0.05) is 50.2 Å². The minimum absolute atomic E-state index is 0.0755. The van der Waals surface area contributed by atoms with Crippen molar-refractivity contribution in [3.8, 4) is 11.1 Å². The highest BCUT2D eigenvalue weighted by molar-refractivity contribution is 7.17. The Kier molecular flexibility index (Phi) is 4.62. The van der Waals surface area contributed by atoms with Gasteiger partial charge in [-0.25, -0.2) is 9.37 Å². The molecule has 4 rings (SSSR count). The summed E-state index contributed by atoms with van der Waals surface area (Å²) in [7, 11) is 0. The molecule has 2 aromatic carbocycles. The van der Waals surface area contributed by atoms with Crippen LogP contribution < -0.4 is 5.56 Å². The number of fused-ring (bicyclic) bond motifs is 1. The predicted molar refractivity (Wildman–Crippen MR) is 109 cm³/mol. The summed E-state index contributed by atoms with van der Waals surface area (Å²) in [4.78, 5) is 18.3. The zero-order valence-electron chi connectivity index (χ0n) is 15.1. The molecule has 0 bridgehead atoms. The number of nitrogens with zero attached hydrogens (tertiary/aromatic N) is 2. The van der Waals surface area contributed by atoms with E-state index in [1.807, 2.05) is 5.38 Å². The van der Waals surface area contributed by atoms with Crippen LogP contribution in [0.25, 0.3) is 21.3 Å². The highest BCUT2D eigenvalue weighted by atomic mass is 32.1. The molecule has 0 unspecified atom stereocenters. The van der Waals surface area contributed by atoms with Crippen LogP contribution in [0, 0.1) is 5.82 Å². The first kappa shape index (κ1) is 17.6. The molecule has 3 nitrogen and oxygen atoms in total. The van der Waals surface area contributed by atoms with E-state index in [2.05, 4.69) is 43.1 Å². The summed E-state index contributed by atoms with van der Waals surface area (Å²) in [6.07, 6.45) is 1.57. The van der Waals surface area contributed by atoms with Crippen molar-refractivity contribution >= 4 is 21.6 Å². The third kappa shape index (κ3) is 3.43. The zero-order chi connectivity index (χ0) is 19.0. The predicted octanol–water partition coefficient (Wildman–Crippen LogP) is 5.44. The minimum atomic E-state index is -0.287. The molecular weight excluding hydrogens is 359 g/mol. The Morgan fingerprint density at radius 3 is 2.44 bits per heavy atom. The van der Waals surface area contributed by atoms with Crippen LogP contribution in [0.3, 0.4) is 0 Å². The van der Waals surface area contributed by atoms with Crippen molar-refractivity contribution < 1.29 is 4.39 Å². The van der Waals surface area contributed by atoms with Gasteiger partial charge in [0.2, 0.25) is 0 Å². The fourth-order valence-electron chi connectivity index (χ4n) is 3.13. The second kappa shape index (κ2) is 7.08. The lowest BCUT2D eigenvalue weighted by Crippen LogP contribution is -2.20. The molecule has 0 aliphatic rings. The topological polar surface area (TPSA) is 34.9 Å². The zero-order valence-corrected chi connectivity index (χ0v) is 16.0. The van der Waals surface area contributed by atoms with Crippen molar-refractivity contribution in [3.05, 3.63) is 87.5 Å². The Balaban J connectivity index is 1.77. The summed E-state index contributed by atoms with van der Waals surface area (Å²) < 4.78 is 14.7. The summed E-state index contributed by atoms with van der Waals surface area (Å²) >= 11 is 1.48. The van der Waals surface area contributed by atoms with E-state index in [1.165, 1.54) is 29.0 Å². The van der Waals surface area contributed by atoms with E-state index in [9.17, 15) is 9.18 Å². The van der Waals surface area contributed by atoms with Gasteiger partial charge in [-0.2, -0.15) is 0 Å². The number of halogens is 1. The quantitative estimate of drug-likeness (QED) is 0.474. The van der Waals surface area contributed by atoms with Crippen LogP contribution in [-0.4, -0.2) is 9.55 Å². The normalized spacial score (nSPS) is 11.4. The van der Waals surface area contributed by atoms with Crippen LogP contribution in [0.4, 0.5) is 4.39 Å². The Hall–Kier alpha value is -2.79. The molecular formula is C22H19FN2OS. The van der Waals surface area contributed by atoms with E-state index in [1.54, 1.807) is 23.0 Å². The van der Waals surface area contributed by atoms with Crippen LogP contribution in [0.5, 0.6) is 0 Å². The maximum Gasteiger partial charge on any atom is 0.263 e. The summed E-state index contributed by atoms with van der Waals surface area (Å²) in [6, 6.07) is 14.5. The first-order valence-corrected chi connectivity index (χ1v) is 9.72. The standard InChI is InChI=1S/C22H19FN2OS/c1-14(2)16-5-7-17(8-6-16)19-12-27-21-20(19)22(26)25(13-24-21)11-15-3-9-18(23)10-4-15/h3-10,12-14H,11H2,1-2H3. The number of thiophene rings is 1. The van der Waals surface area contributed by atoms with Gasteiger partial charge in [-0.15, -0.1) is 11.3 Å². The maximum absolute atomic E-state index is 13.1. The average Bonchev–Trinajstić information content (AvgIpc) is 3.11. The Labute approximate surface area is 160 Å². The minimum Gasteiger partial charge on any atom is -0.294 e. The van der Waals surface area contributed by atoms with Crippen molar-refractivity contribution in [2.75, 3.05) is 0 Å². The van der Waals surface area contributed by atoms with Crippen molar-refractivity contribution in [1.82, 2.24) is 9.55 Å². The SMILES string of the molecule is CC(C)c1ccc(-c2csc3ncn(Cc4ccc(F)cc4)c(=O)c23)cc1. The average molecular weight is 378 g/mol. The number of hydrogen-bond acceptors (Lipinski definition) is 3. The smallest absolute Gasteiger partial charge is 0.263 e. The molecule has 0 atom stereocenters. The van der Waals surface area contributed by atoms with Crippen molar-refractivity contribution in [2.24, 2.45) is 0 Å². The molecule has 0 radical (unpaired) electrons. The number of hydrogen-bond donors (Lipinski definition) is 0. The van der Waals surface area contributed by atoms with Crippen LogP contribution >= 0.6 is 11.3 Å². The number of benzene rings is 2.